The monoisotopic (exact) mass is 220 g/mol. The first-order valence-electron chi connectivity index (χ1n) is 6.18. The van der Waals surface area contributed by atoms with Crippen LogP contribution in [0.4, 0.5) is 0 Å². The van der Waals surface area contributed by atoms with E-state index >= 15 is 0 Å². The second-order valence-electron chi connectivity index (χ2n) is 4.73. The molecule has 0 amide bonds. The van der Waals surface area contributed by atoms with E-state index in [0.29, 0.717) is 0 Å². The minimum Gasteiger partial charge on any atom is -0.0620 e. The van der Waals surface area contributed by atoms with Gasteiger partial charge in [-0.1, -0.05) is 60.2 Å². The molecule has 84 valence electrons. The van der Waals surface area contributed by atoms with Crippen molar-refractivity contribution in [3.63, 3.8) is 0 Å². The zero-order valence-electron chi connectivity index (χ0n) is 10.1. The van der Waals surface area contributed by atoms with Crippen molar-refractivity contribution in [2.24, 2.45) is 0 Å². The van der Waals surface area contributed by atoms with Gasteiger partial charge in [0, 0.05) is 0 Å². The molecule has 2 aromatic carbocycles. The molecule has 0 aromatic heterocycles. The number of allylic oxidation sites excluding steroid dienone is 1. The van der Waals surface area contributed by atoms with E-state index in [1.807, 2.05) is 0 Å². The fourth-order valence-corrected chi connectivity index (χ4v) is 2.43. The van der Waals surface area contributed by atoms with Gasteiger partial charge in [0.15, 0.2) is 0 Å². The van der Waals surface area contributed by atoms with Gasteiger partial charge in [-0.15, -0.1) is 0 Å². The molecule has 0 radical (unpaired) electrons. The van der Waals surface area contributed by atoms with E-state index in [9.17, 15) is 0 Å². The van der Waals surface area contributed by atoms with Crippen molar-refractivity contribution < 1.29 is 0 Å². The first-order valence-corrected chi connectivity index (χ1v) is 6.18. The summed E-state index contributed by atoms with van der Waals surface area (Å²) in [6.45, 7) is 2.13. The van der Waals surface area contributed by atoms with Crippen LogP contribution in [0.25, 0.3) is 11.6 Å². The van der Waals surface area contributed by atoms with E-state index in [1.54, 1.807) is 0 Å². The van der Waals surface area contributed by atoms with Crippen LogP contribution < -0.4 is 0 Å². The number of hydrogen-bond donors (Lipinski definition) is 0. The van der Waals surface area contributed by atoms with Gasteiger partial charge >= 0.3 is 0 Å². The van der Waals surface area contributed by atoms with Gasteiger partial charge in [-0.05, 0) is 42.0 Å². The average molecular weight is 220 g/mol. The Bertz CT molecular complexity index is 559. The summed E-state index contributed by atoms with van der Waals surface area (Å²) in [5.74, 6) is 0. The van der Waals surface area contributed by atoms with E-state index in [-0.39, 0.29) is 0 Å². The molecule has 0 aliphatic heterocycles. The van der Waals surface area contributed by atoms with Crippen LogP contribution in [0.3, 0.4) is 0 Å². The molecule has 17 heavy (non-hydrogen) atoms. The van der Waals surface area contributed by atoms with Crippen molar-refractivity contribution in [3.8, 4) is 0 Å². The largest absolute Gasteiger partial charge is 0.0620 e. The van der Waals surface area contributed by atoms with Crippen molar-refractivity contribution in [2.45, 2.75) is 19.8 Å². The van der Waals surface area contributed by atoms with Crippen LogP contribution in [0.5, 0.6) is 0 Å². The van der Waals surface area contributed by atoms with Crippen LogP contribution in [-0.4, -0.2) is 0 Å². The molecule has 0 saturated heterocycles. The molecular formula is C17H16. The molecule has 0 fully saturated rings. The highest BCUT2D eigenvalue weighted by Gasteiger charge is 2.10. The Labute approximate surface area is 103 Å². The summed E-state index contributed by atoms with van der Waals surface area (Å²) in [5, 5.41) is 0. The number of fused-ring (bicyclic) bond motifs is 1. The molecule has 0 unspecified atom stereocenters. The summed E-state index contributed by atoms with van der Waals surface area (Å²) in [6.07, 6.45) is 4.65. The topological polar surface area (TPSA) is 0 Å². The lowest BCUT2D eigenvalue weighted by atomic mass is 9.88. The lowest BCUT2D eigenvalue weighted by Gasteiger charge is -2.16. The third kappa shape index (κ3) is 2.03. The fourth-order valence-electron chi connectivity index (χ4n) is 2.43. The second-order valence-corrected chi connectivity index (χ2v) is 4.73. The quantitative estimate of drug-likeness (QED) is 0.664. The van der Waals surface area contributed by atoms with Crippen molar-refractivity contribution in [2.75, 3.05) is 0 Å². The number of rotatable bonds is 1. The maximum absolute atomic E-state index is 2.34. The molecule has 1 aliphatic rings. The first kappa shape index (κ1) is 10.3. The average Bonchev–Trinajstić information content (AvgIpc) is 2.39. The molecule has 3 rings (SSSR count). The van der Waals surface area contributed by atoms with Crippen molar-refractivity contribution in [3.05, 3.63) is 70.8 Å². The standard InChI is InChI=1S/C17H16/c1-13-6-8-15(9-7-13)17-11-10-14-4-2-3-5-16(14)12-17/h2-9,12H,10-11H2,1H3. The highest BCUT2D eigenvalue weighted by molar-refractivity contribution is 5.84. The van der Waals surface area contributed by atoms with Gasteiger partial charge in [-0.3, -0.25) is 0 Å². The van der Waals surface area contributed by atoms with E-state index in [1.165, 1.54) is 27.8 Å². The maximum Gasteiger partial charge on any atom is -0.0221 e. The van der Waals surface area contributed by atoms with Gasteiger partial charge < -0.3 is 0 Å². The third-order valence-electron chi connectivity index (χ3n) is 3.47. The predicted octanol–water partition coefficient (Wildman–Crippen LogP) is 4.48. The zero-order valence-corrected chi connectivity index (χ0v) is 10.1. The molecule has 0 N–H and O–H groups in total. The molecule has 1 aliphatic carbocycles. The molecule has 0 bridgehead atoms. The van der Waals surface area contributed by atoms with E-state index < -0.39 is 0 Å². The van der Waals surface area contributed by atoms with Crippen molar-refractivity contribution in [1.29, 1.82) is 0 Å². The Kier molecular flexibility index (Phi) is 2.56. The molecule has 0 atom stereocenters. The van der Waals surface area contributed by atoms with Gasteiger partial charge in [-0.25, -0.2) is 0 Å². The summed E-state index contributed by atoms with van der Waals surface area (Å²) < 4.78 is 0. The van der Waals surface area contributed by atoms with Gasteiger partial charge in [-0.2, -0.15) is 0 Å². The lowest BCUT2D eigenvalue weighted by Crippen LogP contribution is -1.98. The smallest absolute Gasteiger partial charge is 0.0221 e. The Morgan fingerprint density at radius 2 is 1.59 bits per heavy atom. The fraction of sp³-hybridized carbons (Fsp3) is 0.176. The molecular weight excluding hydrogens is 204 g/mol. The molecule has 0 nitrogen and oxygen atoms in total. The Morgan fingerprint density at radius 3 is 2.41 bits per heavy atom. The molecule has 0 saturated carbocycles. The molecule has 0 heteroatoms. The van der Waals surface area contributed by atoms with Crippen LogP contribution in [0.15, 0.2) is 48.5 Å². The molecule has 0 spiro atoms. The molecule has 0 heterocycles. The van der Waals surface area contributed by atoms with Gasteiger partial charge in [0.25, 0.3) is 0 Å². The van der Waals surface area contributed by atoms with Crippen LogP contribution in [0.1, 0.15) is 28.7 Å². The number of hydrogen-bond acceptors (Lipinski definition) is 0. The summed E-state index contributed by atoms with van der Waals surface area (Å²) >= 11 is 0. The molecule has 2 aromatic rings. The first-order chi connectivity index (χ1) is 8.33. The summed E-state index contributed by atoms with van der Waals surface area (Å²) in [4.78, 5) is 0. The van der Waals surface area contributed by atoms with Gasteiger partial charge in [0.2, 0.25) is 0 Å². The summed E-state index contributed by atoms with van der Waals surface area (Å²) in [7, 11) is 0. The van der Waals surface area contributed by atoms with E-state index in [2.05, 4.69) is 61.5 Å². The Morgan fingerprint density at radius 1 is 0.824 bits per heavy atom. The van der Waals surface area contributed by atoms with Crippen LogP contribution >= 0.6 is 0 Å². The highest BCUT2D eigenvalue weighted by atomic mass is 14.1. The number of benzene rings is 2. The summed E-state index contributed by atoms with van der Waals surface area (Å²) in [5.41, 5.74) is 7.01. The SMILES string of the molecule is Cc1ccc(C2=Cc3ccccc3CC2)cc1. The zero-order chi connectivity index (χ0) is 11.7. The third-order valence-corrected chi connectivity index (χ3v) is 3.47. The van der Waals surface area contributed by atoms with Crippen LogP contribution in [0, 0.1) is 6.92 Å². The minimum absolute atomic E-state index is 1.15. The van der Waals surface area contributed by atoms with Gasteiger partial charge in [0.05, 0.1) is 0 Å². The normalized spacial score (nSPS) is 14.1. The highest BCUT2D eigenvalue weighted by Crippen LogP contribution is 2.30. The van der Waals surface area contributed by atoms with Crippen LogP contribution in [0.2, 0.25) is 0 Å². The second kappa shape index (κ2) is 4.21. The van der Waals surface area contributed by atoms with Crippen LogP contribution in [-0.2, 0) is 6.42 Å². The Balaban J connectivity index is 2.01. The van der Waals surface area contributed by atoms with Crippen molar-refractivity contribution in [1.82, 2.24) is 0 Å². The van der Waals surface area contributed by atoms with E-state index in [4.69, 9.17) is 0 Å². The van der Waals surface area contributed by atoms with Crippen molar-refractivity contribution >= 4 is 11.6 Å². The van der Waals surface area contributed by atoms with Gasteiger partial charge in [0.1, 0.15) is 0 Å². The summed E-state index contributed by atoms with van der Waals surface area (Å²) in [6, 6.07) is 17.5. The van der Waals surface area contributed by atoms with E-state index in [0.717, 1.165) is 12.8 Å². The Hall–Kier alpha value is -1.82. The minimum atomic E-state index is 1.15. The lowest BCUT2D eigenvalue weighted by molar-refractivity contribution is 1.00. The number of aryl methyl sites for hydroxylation is 2. The predicted molar refractivity (Wildman–Crippen MR) is 73.8 cm³/mol. The maximum atomic E-state index is 2.34.